The Hall–Kier alpha value is -0.940. The predicted molar refractivity (Wildman–Crippen MR) is 64.5 cm³/mol. The number of nitrogens with zero attached hydrogens (tertiary/aromatic N) is 1. The zero-order valence-electron chi connectivity index (χ0n) is 10.9. The number of amides is 2. The normalized spacial score (nSPS) is 21.4. The van der Waals surface area contributed by atoms with Gasteiger partial charge in [0.15, 0.2) is 0 Å². The summed E-state index contributed by atoms with van der Waals surface area (Å²) in [6, 6.07) is -0.275. The lowest BCUT2D eigenvalue weighted by Crippen LogP contribution is -2.57. The molecule has 0 spiro atoms. The van der Waals surface area contributed by atoms with Crippen molar-refractivity contribution in [1.82, 2.24) is 10.2 Å². The molecule has 0 aromatic carbocycles. The standard InChI is InChI=1S/C12H22N2O3/c1-9(2)4-6-17-7-5-14-11(15)8-13-10(3)12(14)16/h9-10,13H,4-8H2,1-3H3. The largest absolute Gasteiger partial charge is 0.380 e. The van der Waals surface area contributed by atoms with E-state index in [1.165, 1.54) is 4.90 Å². The first-order valence-electron chi connectivity index (χ1n) is 6.17. The van der Waals surface area contributed by atoms with Crippen LogP contribution in [0.3, 0.4) is 0 Å². The number of rotatable bonds is 6. The molecule has 98 valence electrons. The molecule has 2 amide bonds. The Morgan fingerprint density at radius 2 is 2.12 bits per heavy atom. The van der Waals surface area contributed by atoms with Crippen LogP contribution in [0.15, 0.2) is 0 Å². The molecule has 1 heterocycles. The Balaban J connectivity index is 2.25. The highest BCUT2D eigenvalue weighted by molar-refractivity contribution is 6.00. The number of piperazine rings is 1. The summed E-state index contributed by atoms with van der Waals surface area (Å²) >= 11 is 0. The first-order chi connectivity index (χ1) is 8.02. The number of nitrogens with one attached hydrogen (secondary N) is 1. The molecule has 0 aromatic heterocycles. The zero-order chi connectivity index (χ0) is 12.8. The highest BCUT2D eigenvalue weighted by atomic mass is 16.5. The predicted octanol–water partition coefficient (Wildman–Crippen LogP) is 0.396. The molecule has 0 saturated carbocycles. The SMILES string of the molecule is CC(C)CCOCCN1C(=O)CNC(C)C1=O. The number of hydrogen-bond donors (Lipinski definition) is 1. The fraction of sp³-hybridized carbons (Fsp3) is 0.833. The third-order valence-electron chi connectivity index (χ3n) is 2.80. The van der Waals surface area contributed by atoms with Crippen molar-refractivity contribution >= 4 is 11.8 Å². The van der Waals surface area contributed by atoms with Gasteiger partial charge in [0.25, 0.3) is 0 Å². The van der Waals surface area contributed by atoms with Crippen molar-refractivity contribution in [1.29, 1.82) is 0 Å². The summed E-state index contributed by atoms with van der Waals surface area (Å²) in [6.07, 6.45) is 1.000. The lowest BCUT2D eigenvalue weighted by Gasteiger charge is -2.29. The Kier molecular flexibility index (Phi) is 5.58. The van der Waals surface area contributed by atoms with Crippen LogP contribution >= 0.6 is 0 Å². The minimum atomic E-state index is -0.275. The maximum atomic E-state index is 11.7. The quantitative estimate of drug-likeness (QED) is 0.541. The van der Waals surface area contributed by atoms with E-state index < -0.39 is 0 Å². The fourth-order valence-electron chi connectivity index (χ4n) is 1.59. The molecular formula is C12H22N2O3. The van der Waals surface area contributed by atoms with E-state index in [0.717, 1.165) is 6.42 Å². The van der Waals surface area contributed by atoms with Gasteiger partial charge in [-0.25, -0.2) is 0 Å². The van der Waals surface area contributed by atoms with E-state index in [2.05, 4.69) is 19.2 Å². The summed E-state index contributed by atoms with van der Waals surface area (Å²) in [5, 5.41) is 2.85. The minimum absolute atomic E-state index is 0.159. The molecule has 0 aliphatic carbocycles. The molecule has 1 atom stereocenters. The third kappa shape index (κ3) is 4.44. The Morgan fingerprint density at radius 1 is 1.41 bits per heavy atom. The summed E-state index contributed by atoms with van der Waals surface area (Å²) in [5.41, 5.74) is 0. The van der Waals surface area contributed by atoms with Gasteiger partial charge in [0.1, 0.15) is 0 Å². The average molecular weight is 242 g/mol. The van der Waals surface area contributed by atoms with Gasteiger partial charge in [-0.3, -0.25) is 19.8 Å². The first kappa shape index (κ1) is 14.1. The Labute approximate surface area is 102 Å². The van der Waals surface area contributed by atoms with Crippen molar-refractivity contribution in [3.05, 3.63) is 0 Å². The van der Waals surface area contributed by atoms with E-state index in [9.17, 15) is 9.59 Å². The molecule has 0 bridgehead atoms. The van der Waals surface area contributed by atoms with Crippen LogP contribution in [-0.4, -0.2) is 49.1 Å². The van der Waals surface area contributed by atoms with Gasteiger partial charge in [0.2, 0.25) is 11.8 Å². The molecule has 1 unspecified atom stereocenters. The van der Waals surface area contributed by atoms with Gasteiger partial charge in [0.05, 0.1) is 25.7 Å². The van der Waals surface area contributed by atoms with Gasteiger partial charge in [-0.05, 0) is 19.3 Å². The maximum Gasteiger partial charge on any atom is 0.246 e. The molecule has 1 rings (SSSR count). The lowest BCUT2D eigenvalue weighted by atomic mass is 10.1. The topological polar surface area (TPSA) is 58.6 Å². The summed E-state index contributed by atoms with van der Waals surface area (Å²) in [6.45, 7) is 7.74. The van der Waals surface area contributed by atoms with E-state index in [1.54, 1.807) is 6.92 Å². The van der Waals surface area contributed by atoms with Gasteiger partial charge in [-0.1, -0.05) is 13.8 Å². The number of ether oxygens (including phenoxy) is 1. The molecular weight excluding hydrogens is 220 g/mol. The molecule has 17 heavy (non-hydrogen) atoms. The molecule has 1 aliphatic rings. The molecule has 1 fully saturated rings. The van der Waals surface area contributed by atoms with E-state index >= 15 is 0 Å². The van der Waals surface area contributed by atoms with Gasteiger partial charge in [-0.2, -0.15) is 0 Å². The maximum absolute atomic E-state index is 11.7. The average Bonchev–Trinajstić information content (AvgIpc) is 2.27. The summed E-state index contributed by atoms with van der Waals surface area (Å²) in [7, 11) is 0. The van der Waals surface area contributed by atoms with Crippen LogP contribution in [-0.2, 0) is 14.3 Å². The molecule has 5 heteroatoms. The van der Waals surface area contributed by atoms with Crippen LogP contribution in [0.25, 0.3) is 0 Å². The lowest BCUT2D eigenvalue weighted by molar-refractivity contribution is -0.149. The second-order valence-corrected chi connectivity index (χ2v) is 4.78. The van der Waals surface area contributed by atoms with Gasteiger partial charge >= 0.3 is 0 Å². The monoisotopic (exact) mass is 242 g/mol. The van der Waals surface area contributed by atoms with Gasteiger partial charge in [-0.15, -0.1) is 0 Å². The Morgan fingerprint density at radius 3 is 2.76 bits per heavy atom. The smallest absolute Gasteiger partial charge is 0.246 e. The Bertz CT molecular complexity index is 279. The van der Waals surface area contributed by atoms with Crippen LogP contribution in [0.4, 0.5) is 0 Å². The second-order valence-electron chi connectivity index (χ2n) is 4.78. The molecule has 1 aliphatic heterocycles. The molecule has 0 aromatic rings. The number of carbonyl (C=O) groups is 2. The van der Waals surface area contributed by atoms with Crippen LogP contribution < -0.4 is 5.32 Å². The summed E-state index contributed by atoms with van der Waals surface area (Å²) < 4.78 is 5.41. The van der Waals surface area contributed by atoms with E-state index in [-0.39, 0.29) is 24.4 Å². The van der Waals surface area contributed by atoms with Crippen molar-refractivity contribution in [3.63, 3.8) is 0 Å². The number of carbonyl (C=O) groups excluding carboxylic acids is 2. The fourth-order valence-corrected chi connectivity index (χ4v) is 1.59. The van der Waals surface area contributed by atoms with Crippen LogP contribution in [0.5, 0.6) is 0 Å². The highest BCUT2D eigenvalue weighted by Crippen LogP contribution is 2.03. The van der Waals surface area contributed by atoms with E-state index in [4.69, 9.17) is 4.74 Å². The summed E-state index contributed by atoms with van der Waals surface area (Å²) in [4.78, 5) is 24.5. The molecule has 0 radical (unpaired) electrons. The molecule has 5 nitrogen and oxygen atoms in total. The van der Waals surface area contributed by atoms with Crippen LogP contribution in [0.2, 0.25) is 0 Å². The summed E-state index contributed by atoms with van der Waals surface area (Å²) in [5.74, 6) is 0.284. The van der Waals surface area contributed by atoms with Crippen molar-refractivity contribution in [3.8, 4) is 0 Å². The van der Waals surface area contributed by atoms with E-state index in [0.29, 0.717) is 25.7 Å². The highest BCUT2D eigenvalue weighted by Gasteiger charge is 2.30. The van der Waals surface area contributed by atoms with Crippen LogP contribution in [0, 0.1) is 5.92 Å². The van der Waals surface area contributed by atoms with Crippen molar-refractivity contribution in [2.75, 3.05) is 26.3 Å². The van der Waals surface area contributed by atoms with Crippen molar-refractivity contribution < 1.29 is 14.3 Å². The first-order valence-corrected chi connectivity index (χ1v) is 6.17. The van der Waals surface area contributed by atoms with Crippen molar-refractivity contribution in [2.45, 2.75) is 33.2 Å². The van der Waals surface area contributed by atoms with Gasteiger partial charge in [0, 0.05) is 6.61 Å². The van der Waals surface area contributed by atoms with Crippen molar-refractivity contribution in [2.24, 2.45) is 5.92 Å². The molecule has 1 saturated heterocycles. The number of hydrogen-bond acceptors (Lipinski definition) is 4. The zero-order valence-corrected chi connectivity index (χ0v) is 10.9. The minimum Gasteiger partial charge on any atom is -0.380 e. The van der Waals surface area contributed by atoms with Crippen LogP contribution in [0.1, 0.15) is 27.2 Å². The third-order valence-corrected chi connectivity index (χ3v) is 2.80. The molecule has 1 N–H and O–H groups in total. The van der Waals surface area contributed by atoms with Gasteiger partial charge < -0.3 is 4.74 Å². The second kappa shape index (κ2) is 6.71. The van der Waals surface area contributed by atoms with E-state index in [1.807, 2.05) is 0 Å². The number of imide groups is 1.